The Bertz CT molecular complexity index is 590. The molecule has 0 spiro atoms. The van der Waals surface area contributed by atoms with E-state index in [1.807, 2.05) is 0 Å². The molecule has 0 aliphatic rings. The summed E-state index contributed by atoms with van der Waals surface area (Å²) in [7, 11) is 0. The predicted molar refractivity (Wildman–Crippen MR) is 82.2 cm³/mol. The molecule has 0 radical (unpaired) electrons. The zero-order chi connectivity index (χ0) is 17.6. The lowest BCUT2D eigenvalue weighted by Gasteiger charge is -2.14. The maximum absolute atomic E-state index is 11.0. The van der Waals surface area contributed by atoms with Crippen molar-refractivity contribution in [1.82, 2.24) is 14.9 Å². The maximum Gasteiger partial charge on any atom is 0.342 e. The summed E-state index contributed by atoms with van der Waals surface area (Å²) in [6.07, 6.45) is 0.199. The molecule has 1 heterocycles. The minimum Gasteiger partial charge on any atom is -0.480 e. The maximum atomic E-state index is 11.0. The minimum atomic E-state index is -1.16. The van der Waals surface area contributed by atoms with Crippen LogP contribution in [-0.2, 0) is 16.1 Å². The number of aryl methyl sites for hydroxylation is 1. The van der Waals surface area contributed by atoms with Gasteiger partial charge in [0.25, 0.3) is 0 Å². The number of nitrogens with one attached hydrogen (secondary N) is 1. The summed E-state index contributed by atoms with van der Waals surface area (Å²) in [5, 5.41) is 32.0. The molecule has 1 aromatic heterocycles. The van der Waals surface area contributed by atoms with Gasteiger partial charge < -0.3 is 25.6 Å². The van der Waals surface area contributed by atoms with Crippen molar-refractivity contribution in [2.45, 2.75) is 32.5 Å². The highest BCUT2D eigenvalue weighted by Gasteiger charge is 2.22. The molecule has 0 bridgehead atoms. The molecule has 0 aliphatic carbocycles. The van der Waals surface area contributed by atoms with Crippen LogP contribution < -0.4 is 5.32 Å². The molecular weight excluding hydrogens is 328 g/mol. The monoisotopic (exact) mass is 346 g/mol. The molecule has 0 aromatic carbocycles. The van der Waals surface area contributed by atoms with E-state index in [0.29, 0.717) is 5.82 Å². The van der Waals surface area contributed by atoms with Gasteiger partial charge in [0.05, 0.1) is 0 Å². The summed E-state index contributed by atoms with van der Waals surface area (Å²) in [5.74, 6) is -1.18. The third kappa shape index (κ3) is 5.87. The van der Waals surface area contributed by atoms with Gasteiger partial charge in [-0.3, -0.25) is 4.79 Å². The Morgan fingerprint density at radius 3 is 2.70 bits per heavy atom. The Hall–Kier alpha value is -2.14. The topological polar surface area (TPSA) is 148 Å². The van der Waals surface area contributed by atoms with E-state index >= 15 is 0 Å². The van der Waals surface area contributed by atoms with Gasteiger partial charge in [-0.1, -0.05) is 0 Å². The van der Waals surface area contributed by atoms with Crippen LogP contribution in [0.4, 0.5) is 5.82 Å². The van der Waals surface area contributed by atoms with Crippen LogP contribution in [0.3, 0.4) is 0 Å². The highest BCUT2D eigenvalue weighted by molar-refractivity contribution is 7.99. The van der Waals surface area contributed by atoms with Crippen LogP contribution in [0.2, 0.25) is 0 Å². The van der Waals surface area contributed by atoms with Gasteiger partial charge in [0, 0.05) is 25.4 Å². The lowest BCUT2D eigenvalue weighted by molar-refractivity contribution is -0.392. The molecule has 128 valence electrons. The summed E-state index contributed by atoms with van der Waals surface area (Å²) < 4.78 is 1.29. The van der Waals surface area contributed by atoms with E-state index in [9.17, 15) is 24.8 Å². The molecule has 0 saturated carbocycles. The summed E-state index contributed by atoms with van der Waals surface area (Å²) in [4.78, 5) is 35.9. The lowest BCUT2D eigenvalue weighted by Crippen LogP contribution is -2.41. The third-order valence-electron chi connectivity index (χ3n) is 2.88. The Kier molecular flexibility index (Phi) is 6.97. The van der Waals surface area contributed by atoms with Crippen molar-refractivity contribution in [3.05, 3.63) is 22.1 Å². The van der Waals surface area contributed by atoms with Gasteiger partial charge in [-0.2, -0.15) is 11.8 Å². The minimum absolute atomic E-state index is 0.0208. The van der Waals surface area contributed by atoms with E-state index in [1.165, 1.54) is 11.5 Å². The number of rotatable bonds is 9. The summed E-state index contributed by atoms with van der Waals surface area (Å²) in [6, 6.07) is -1.05. The molecule has 23 heavy (non-hydrogen) atoms. The molecule has 11 heteroatoms. The number of carbonyl (C=O) groups excluding carboxylic acids is 1. The summed E-state index contributed by atoms with van der Waals surface area (Å²) in [5.41, 5.74) is 0. The number of thioether (sulfide) groups is 1. The number of imidazole rings is 1. The smallest absolute Gasteiger partial charge is 0.342 e. The molecule has 3 N–H and O–H groups in total. The number of aliphatic carboxylic acids is 1. The van der Waals surface area contributed by atoms with Crippen LogP contribution >= 0.6 is 11.8 Å². The Morgan fingerprint density at radius 2 is 2.17 bits per heavy atom. The van der Waals surface area contributed by atoms with Gasteiger partial charge in [0.2, 0.25) is 5.91 Å². The van der Waals surface area contributed by atoms with E-state index in [4.69, 9.17) is 5.11 Å². The van der Waals surface area contributed by atoms with E-state index in [2.05, 4.69) is 10.3 Å². The fraction of sp³-hybridized carbons (Fsp3) is 0.583. The van der Waals surface area contributed by atoms with Crippen LogP contribution in [0.25, 0.3) is 0 Å². The van der Waals surface area contributed by atoms with Crippen molar-refractivity contribution < 1.29 is 24.7 Å². The second-order valence-electron chi connectivity index (χ2n) is 4.81. The molecule has 2 atom stereocenters. The average Bonchev–Trinajstić information content (AvgIpc) is 2.78. The fourth-order valence-corrected chi connectivity index (χ4v) is 2.81. The highest BCUT2D eigenvalue weighted by Crippen LogP contribution is 2.16. The summed E-state index contributed by atoms with van der Waals surface area (Å²) in [6.45, 7) is 2.79. The first-order valence-electron chi connectivity index (χ1n) is 6.64. The molecule has 2 unspecified atom stereocenters. The molecule has 10 nitrogen and oxygen atoms in total. The number of aliphatic hydroxyl groups is 1. The SMILES string of the molecule is CC(=O)NC(CSCC(O)Cn1c([N+](=O)[O-])cnc1C)C(=O)O. The number of hydrogen-bond acceptors (Lipinski definition) is 7. The molecule has 1 rings (SSSR count). The quantitative estimate of drug-likeness (QED) is 0.411. The second-order valence-corrected chi connectivity index (χ2v) is 5.89. The van der Waals surface area contributed by atoms with Crippen LogP contribution in [-0.4, -0.2) is 60.2 Å². The normalized spacial score (nSPS) is 13.3. The van der Waals surface area contributed by atoms with Gasteiger partial charge in [-0.25, -0.2) is 14.3 Å². The Morgan fingerprint density at radius 1 is 1.52 bits per heavy atom. The summed E-state index contributed by atoms with van der Waals surface area (Å²) >= 11 is 1.13. The van der Waals surface area contributed by atoms with E-state index in [1.54, 1.807) is 6.92 Å². The second kappa shape index (κ2) is 8.48. The van der Waals surface area contributed by atoms with Crippen LogP contribution in [0.5, 0.6) is 0 Å². The molecule has 1 aromatic rings. The van der Waals surface area contributed by atoms with E-state index in [0.717, 1.165) is 18.0 Å². The zero-order valence-electron chi connectivity index (χ0n) is 12.6. The molecular formula is C12H18N4O6S. The predicted octanol–water partition coefficient (Wildman–Crippen LogP) is -0.217. The van der Waals surface area contributed by atoms with E-state index < -0.39 is 28.9 Å². The van der Waals surface area contributed by atoms with Gasteiger partial charge in [0.15, 0.2) is 5.82 Å². The van der Waals surface area contributed by atoms with Crippen LogP contribution in [0.1, 0.15) is 12.7 Å². The lowest BCUT2D eigenvalue weighted by atomic mass is 10.3. The van der Waals surface area contributed by atoms with Crippen molar-refractivity contribution in [3.8, 4) is 0 Å². The molecule has 1 amide bonds. The fourth-order valence-electron chi connectivity index (χ4n) is 1.83. The van der Waals surface area contributed by atoms with Gasteiger partial charge in [-0.05, 0) is 4.92 Å². The van der Waals surface area contributed by atoms with Crippen molar-refractivity contribution >= 4 is 29.5 Å². The number of carbonyl (C=O) groups is 2. The zero-order valence-corrected chi connectivity index (χ0v) is 13.4. The number of aromatic nitrogens is 2. The number of carboxylic acid groups (broad SMARTS) is 1. The highest BCUT2D eigenvalue weighted by atomic mass is 32.2. The number of nitrogens with zero attached hydrogens (tertiary/aromatic N) is 3. The molecule has 0 fully saturated rings. The average molecular weight is 346 g/mol. The van der Waals surface area contributed by atoms with Crippen molar-refractivity contribution in [1.29, 1.82) is 0 Å². The third-order valence-corrected chi connectivity index (χ3v) is 4.07. The number of carboxylic acids is 1. The number of hydrogen-bond donors (Lipinski definition) is 3. The van der Waals surface area contributed by atoms with Crippen molar-refractivity contribution in [2.75, 3.05) is 11.5 Å². The standard InChI is InChI=1S/C12H18N4O6S/c1-7-13-3-11(16(21)22)15(7)4-9(18)5-23-6-10(12(19)20)14-8(2)17/h3,9-10,18H,4-6H2,1-2H3,(H,14,17)(H,19,20). The van der Waals surface area contributed by atoms with Crippen LogP contribution in [0, 0.1) is 17.0 Å². The number of aliphatic hydroxyl groups excluding tert-OH is 1. The van der Waals surface area contributed by atoms with Gasteiger partial charge >= 0.3 is 11.8 Å². The number of amides is 1. The van der Waals surface area contributed by atoms with Crippen molar-refractivity contribution in [2.24, 2.45) is 0 Å². The first-order valence-corrected chi connectivity index (χ1v) is 7.80. The van der Waals surface area contributed by atoms with Crippen molar-refractivity contribution in [3.63, 3.8) is 0 Å². The molecule has 0 aliphatic heterocycles. The van der Waals surface area contributed by atoms with Gasteiger partial charge in [-0.15, -0.1) is 0 Å². The first-order chi connectivity index (χ1) is 10.7. The van der Waals surface area contributed by atoms with Crippen LogP contribution in [0.15, 0.2) is 6.20 Å². The number of nitro groups is 1. The first kappa shape index (κ1) is 18.9. The largest absolute Gasteiger partial charge is 0.480 e. The molecule has 0 saturated heterocycles. The Labute approximate surface area is 136 Å². The Balaban J connectivity index is 2.53. The van der Waals surface area contributed by atoms with E-state index in [-0.39, 0.29) is 23.9 Å². The van der Waals surface area contributed by atoms with Gasteiger partial charge in [0.1, 0.15) is 24.9 Å².